The Bertz CT molecular complexity index is 121. The van der Waals surface area contributed by atoms with Crippen molar-refractivity contribution in [2.45, 2.75) is 51.5 Å². The Morgan fingerprint density at radius 2 is 2.08 bits per heavy atom. The zero-order valence-corrected chi connectivity index (χ0v) is 9.45. The average Bonchev–Trinajstić information content (AvgIpc) is 2.64. The van der Waals surface area contributed by atoms with E-state index in [9.17, 15) is 0 Å². The van der Waals surface area contributed by atoms with Gasteiger partial charge in [-0.1, -0.05) is 19.8 Å². The minimum atomic E-state index is 0.651. The number of halogens is 1. The van der Waals surface area contributed by atoms with Gasteiger partial charge in [-0.25, -0.2) is 0 Å². The first-order chi connectivity index (χ1) is 6.36. The van der Waals surface area contributed by atoms with E-state index in [1.807, 2.05) is 0 Å². The highest BCUT2D eigenvalue weighted by molar-refractivity contribution is 6.17. The van der Waals surface area contributed by atoms with E-state index in [1.165, 1.54) is 38.6 Å². The predicted octanol–water partition coefficient (Wildman–Crippen LogP) is 3.17. The molecular weight excluding hydrogens is 182 g/mol. The normalized spacial score (nSPS) is 20.8. The molecule has 0 heterocycles. The van der Waals surface area contributed by atoms with Crippen molar-refractivity contribution in [2.24, 2.45) is 5.92 Å². The molecule has 1 rings (SSSR count). The lowest BCUT2D eigenvalue weighted by Crippen LogP contribution is -2.32. The molecule has 0 aromatic heterocycles. The Labute approximate surface area is 87.2 Å². The SMILES string of the molecule is CCC(CCCl)NCC1CCCC1. The van der Waals surface area contributed by atoms with Gasteiger partial charge in [0.05, 0.1) is 0 Å². The molecule has 1 saturated carbocycles. The van der Waals surface area contributed by atoms with Gasteiger partial charge in [-0.3, -0.25) is 0 Å². The predicted molar refractivity (Wildman–Crippen MR) is 59.4 cm³/mol. The highest BCUT2D eigenvalue weighted by Crippen LogP contribution is 2.23. The smallest absolute Gasteiger partial charge is 0.0238 e. The number of hydrogen-bond donors (Lipinski definition) is 1. The summed E-state index contributed by atoms with van der Waals surface area (Å²) in [6.07, 6.45) is 8.08. The molecular formula is C11H22ClN. The van der Waals surface area contributed by atoms with Gasteiger partial charge in [-0.15, -0.1) is 11.6 Å². The van der Waals surface area contributed by atoms with Gasteiger partial charge in [0.1, 0.15) is 0 Å². The third kappa shape index (κ3) is 4.33. The second kappa shape index (κ2) is 6.67. The van der Waals surface area contributed by atoms with Crippen LogP contribution in [0.2, 0.25) is 0 Å². The molecule has 0 radical (unpaired) electrons. The number of nitrogens with one attached hydrogen (secondary N) is 1. The average molecular weight is 204 g/mol. The zero-order valence-electron chi connectivity index (χ0n) is 8.69. The lowest BCUT2D eigenvalue weighted by atomic mass is 10.1. The van der Waals surface area contributed by atoms with Crippen LogP contribution in [0.4, 0.5) is 0 Å². The molecule has 1 unspecified atom stereocenters. The van der Waals surface area contributed by atoms with Gasteiger partial charge in [0.2, 0.25) is 0 Å². The van der Waals surface area contributed by atoms with Gasteiger partial charge in [0.25, 0.3) is 0 Å². The first-order valence-electron chi connectivity index (χ1n) is 5.66. The van der Waals surface area contributed by atoms with E-state index in [2.05, 4.69) is 12.2 Å². The summed E-state index contributed by atoms with van der Waals surface area (Å²) in [5.74, 6) is 1.74. The van der Waals surface area contributed by atoms with Crippen molar-refractivity contribution in [3.8, 4) is 0 Å². The van der Waals surface area contributed by atoms with Crippen LogP contribution in [0.25, 0.3) is 0 Å². The van der Waals surface area contributed by atoms with Gasteiger partial charge in [0.15, 0.2) is 0 Å². The molecule has 1 aliphatic carbocycles. The van der Waals surface area contributed by atoms with Crippen LogP contribution in [0.3, 0.4) is 0 Å². The van der Waals surface area contributed by atoms with Crippen LogP contribution in [0.5, 0.6) is 0 Å². The second-order valence-corrected chi connectivity index (χ2v) is 4.52. The zero-order chi connectivity index (χ0) is 9.52. The highest BCUT2D eigenvalue weighted by Gasteiger charge is 2.15. The molecule has 0 amide bonds. The molecule has 0 aromatic carbocycles. The quantitative estimate of drug-likeness (QED) is 0.654. The summed E-state index contributed by atoms with van der Waals surface area (Å²) in [6, 6.07) is 0.651. The number of rotatable bonds is 6. The summed E-state index contributed by atoms with van der Waals surface area (Å²) in [7, 11) is 0. The van der Waals surface area contributed by atoms with Gasteiger partial charge in [-0.05, 0) is 38.1 Å². The fraction of sp³-hybridized carbons (Fsp3) is 1.00. The van der Waals surface area contributed by atoms with Crippen molar-refractivity contribution >= 4 is 11.6 Å². The molecule has 13 heavy (non-hydrogen) atoms. The topological polar surface area (TPSA) is 12.0 Å². The van der Waals surface area contributed by atoms with Crippen molar-refractivity contribution in [3.05, 3.63) is 0 Å². The number of hydrogen-bond acceptors (Lipinski definition) is 1. The lowest BCUT2D eigenvalue weighted by Gasteiger charge is -2.18. The van der Waals surface area contributed by atoms with Crippen LogP contribution in [0.15, 0.2) is 0 Å². The van der Waals surface area contributed by atoms with E-state index in [4.69, 9.17) is 11.6 Å². The molecule has 0 spiro atoms. The van der Waals surface area contributed by atoms with Gasteiger partial charge in [0, 0.05) is 11.9 Å². The van der Waals surface area contributed by atoms with Crippen LogP contribution in [-0.2, 0) is 0 Å². The van der Waals surface area contributed by atoms with Crippen LogP contribution >= 0.6 is 11.6 Å². The Morgan fingerprint density at radius 3 is 2.62 bits per heavy atom. The standard InChI is InChI=1S/C11H22ClN/c1-2-11(7-8-12)13-9-10-5-3-4-6-10/h10-11,13H,2-9H2,1H3. The third-order valence-electron chi connectivity index (χ3n) is 3.12. The molecule has 0 bridgehead atoms. The summed E-state index contributed by atoms with van der Waals surface area (Å²) in [5, 5.41) is 3.63. The van der Waals surface area contributed by atoms with E-state index in [0.29, 0.717) is 6.04 Å². The second-order valence-electron chi connectivity index (χ2n) is 4.14. The van der Waals surface area contributed by atoms with Crippen LogP contribution in [0.1, 0.15) is 45.4 Å². The van der Waals surface area contributed by atoms with Crippen molar-refractivity contribution < 1.29 is 0 Å². The molecule has 1 aliphatic rings. The minimum Gasteiger partial charge on any atom is -0.314 e. The van der Waals surface area contributed by atoms with Gasteiger partial charge >= 0.3 is 0 Å². The van der Waals surface area contributed by atoms with E-state index in [0.717, 1.165) is 18.2 Å². The van der Waals surface area contributed by atoms with E-state index in [-0.39, 0.29) is 0 Å². The fourth-order valence-corrected chi connectivity index (χ4v) is 2.39. The van der Waals surface area contributed by atoms with Crippen LogP contribution < -0.4 is 5.32 Å². The molecule has 78 valence electrons. The van der Waals surface area contributed by atoms with Crippen molar-refractivity contribution in [2.75, 3.05) is 12.4 Å². The van der Waals surface area contributed by atoms with E-state index >= 15 is 0 Å². The molecule has 1 fully saturated rings. The highest BCUT2D eigenvalue weighted by atomic mass is 35.5. The summed E-state index contributed by atoms with van der Waals surface area (Å²) < 4.78 is 0. The molecule has 1 N–H and O–H groups in total. The van der Waals surface area contributed by atoms with Crippen molar-refractivity contribution in [1.29, 1.82) is 0 Å². The first kappa shape index (κ1) is 11.3. The summed E-state index contributed by atoms with van der Waals surface area (Å²) >= 11 is 5.73. The summed E-state index contributed by atoms with van der Waals surface area (Å²) in [6.45, 7) is 3.45. The molecule has 0 aromatic rings. The van der Waals surface area contributed by atoms with E-state index in [1.54, 1.807) is 0 Å². The molecule has 1 atom stereocenters. The van der Waals surface area contributed by atoms with Crippen LogP contribution in [0, 0.1) is 5.92 Å². The largest absolute Gasteiger partial charge is 0.314 e. The van der Waals surface area contributed by atoms with Gasteiger partial charge in [-0.2, -0.15) is 0 Å². The Kier molecular flexibility index (Phi) is 5.81. The summed E-state index contributed by atoms with van der Waals surface area (Å²) in [5.41, 5.74) is 0. The third-order valence-corrected chi connectivity index (χ3v) is 3.34. The van der Waals surface area contributed by atoms with Crippen molar-refractivity contribution in [1.82, 2.24) is 5.32 Å². The molecule has 2 heteroatoms. The molecule has 0 saturated heterocycles. The Balaban J connectivity index is 2.07. The lowest BCUT2D eigenvalue weighted by molar-refractivity contribution is 0.417. The Morgan fingerprint density at radius 1 is 1.38 bits per heavy atom. The van der Waals surface area contributed by atoms with Crippen molar-refractivity contribution in [3.63, 3.8) is 0 Å². The first-order valence-corrected chi connectivity index (χ1v) is 6.19. The maximum Gasteiger partial charge on any atom is 0.0238 e. The minimum absolute atomic E-state index is 0.651. The molecule has 1 nitrogen and oxygen atoms in total. The maximum atomic E-state index is 5.73. The Hall–Kier alpha value is 0.250. The number of alkyl halides is 1. The van der Waals surface area contributed by atoms with Crippen LogP contribution in [-0.4, -0.2) is 18.5 Å². The maximum absolute atomic E-state index is 5.73. The fourth-order valence-electron chi connectivity index (χ4n) is 2.13. The van der Waals surface area contributed by atoms with E-state index < -0.39 is 0 Å². The monoisotopic (exact) mass is 203 g/mol. The van der Waals surface area contributed by atoms with Gasteiger partial charge < -0.3 is 5.32 Å². The summed E-state index contributed by atoms with van der Waals surface area (Å²) in [4.78, 5) is 0. The molecule has 0 aliphatic heterocycles.